The Morgan fingerprint density at radius 2 is 1.96 bits per heavy atom. The van der Waals surface area contributed by atoms with Crippen LogP contribution in [0.2, 0.25) is 5.02 Å². The van der Waals surface area contributed by atoms with Gasteiger partial charge < -0.3 is 15.7 Å². The summed E-state index contributed by atoms with van der Waals surface area (Å²) >= 11 is 6.00. The van der Waals surface area contributed by atoms with Crippen LogP contribution in [0.3, 0.4) is 0 Å². The number of carbonyl (C=O) groups excluding carboxylic acids is 1. The van der Waals surface area contributed by atoms with E-state index in [0.29, 0.717) is 16.3 Å². The van der Waals surface area contributed by atoms with Gasteiger partial charge in [0, 0.05) is 13.2 Å². The van der Waals surface area contributed by atoms with Crippen molar-refractivity contribution in [1.29, 1.82) is 0 Å². The van der Waals surface area contributed by atoms with E-state index in [2.05, 4.69) is 15.6 Å². The molecule has 0 aliphatic heterocycles. The van der Waals surface area contributed by atoms with Crippen molar-refractivity contribution < 1.29 is 9.90 Å². The van der Waals surface area contributed by atoms with Crippen molar-refractivity contribution in [3.8, 4) is 0 Å². The summed E-state index contributed by atoms with van der Waals surface area (Å²) in [6.07, 6.45) is 4.38. The summed E-state index contributed by atoms with van der Waals surface area (Å²) in [4.78, 5) is 16.4. The fourth-order valence-electron chi connectivity index (χ4n) is 2.05. The van der Waals surface area contributed by atoms with Crippen LogP contribution in [-0.4, -0.2) is 29.1 Å². The molecule has 0 bridgehead atoms. The summed E-state index contributed by atoms with van der Waals surface area (Å²) in [5.74, 6) is 0.492. The van der Waals surface area contributed by atoms with Crippen LogP contribution in [0.15, 0.2) is 42.6 Å². The van der Waals surface area contributed by atoms with Gasteiger partial charge in [-0.15, -0.1) is 0 Å². The molecular weight excluding hydrogens is 314 g/mol. The van der Waals surface area contributed by atoms with E-state index in [4.69, 9.17) is 16.7 Å². The minimum Gasteiger partial charge on any atom is -0.396 e. The van der Waals surface area contributed by atoms with Gasteiger partial charge >= 0.3 is 0 Å². The quantitative estimate of drug-likeness (QED) is 0.646. The largest absolute Gasteiger partial charge is 0.396 e. The molecular formula is C17H20ClN3O2. The van der Waals surface area contributed by atoms with Gasteiger partial charge in [0.1, 0.15) is 5.82 Å². The van der Waals surface area contributed by atoms with E-state index in [0.717, 1.165) is 31.6 Å². The summed E-state index contributed by atoms with van der Waals surface area (Å²) in [7, 11) is 0. The lowest BCUT2D eigenvalue weighted by Gasteiger charge is -2.08. The molecule has 0 aliphatic rings. The Morgan fingerprint density at radius 3 is 2.65 bits per heavy atom. The van der Waals surface area contributed by atoms with Crippen molar-refractivity contribution in [1.82, 2.24) is 4.98 Å². The number of unbranched alkanes of at least 4 members (excludes halogenated alkanes) is 2. The summed E-state index contributed by atoms with van der Waals surface area (Å²) in [5, 5.41) is 15.1. The molecule has 0 radical (unpaired) electrons. The highest BCUT2D eigenvalue weighted by Gasteiger charge is 2.09. The van der Waals surface area contributed by atoms with Crippen molar-refractivity contribution in [3.63, 3.8) is 0 Å². The number of halogens is 1. The highest BCUT2D eigenvalue weighted by atomic mass is 35.5. The Balaban J connectivity index is 1.85. The number of amides is 1. The first-order chi connectivity index (χ1) is 11.2. The zero-order valence-corrected chi connectivity index (χ0v) is 13.5. The number of benzene rings is 1. The Morgan fingerprint density at radius 1 is 1.13 bits per heavy atom. The minimum atomic E-state index is -0.262. The van der Waals surface area contributed by atoms with Gasteiger partial charge in [-0.3, -0.25) is 4.79 Å². The summed E-state index contributed by atoms with van der Waals surface area (Å²) in [5.41, 5.74) is 1.04. The van der Waals surface area contributed by atoms with E-state index in [9.17, 15) is 4.79 Å². The molecule has 1 amide bonds. The van der Waals surface area contributed by atoms with E-state index < -0.39 is 0 Å². The van der Waals surface area contributed by atoms with Crippen molar-refractivity contribution >= 4 is 29.0 Å². The summed E-state index contributed by atoms with van der Waals surface area (Å²) in [6, 6.07) is 10.5. The van der Waals surface area contributed by atoms with Gasteiger partial charge in [0.15, 0.2) is 0 Å². The summed E-state index contributed by atoms with van der Waals surface area (Å²) < 4.78 is 0. The van der Waals surface area contributed by atoms with Crippen LogP contribution in [0.5, 0.6) is 0 Å². The molecule has 3 N–H and O–H groups in total. The molecule has 0 atom stereocenters. The van der Waals surface area contributed by atoms with Gasteiger partial charge in [0.2, 0.25) is 0 Å². The number of nitrogens with zero attached hydrogens (tertiary/aromatic N) is 1. The Labute approximate surface area is 140 Å². The first-order valence-electron chi connectivity index (χ1n) is 7.57. The van der Waals surface area contributed by atoms with Crippen LogP contribution >= 0.6 is 11.6 Å². The molecule has 0 saturated heterocycles. The number of carbonyl (C=O) groups is 1. The molecule has 1 heterocycles. The third-order valence-electron chi connectivity index (χ3n) is 3.28. The van der Waals surface area contributed by atoms with Gasteiger partial charge in [-0.1, -0.05) is 23.7 Å². The van der Waals surface area contributed by atoms with Crippen LogP contribution in [0.1, 0.15) is 29.6 Å². The molecule has 1 aromatic heterocycles. The lowest BCUT2D eigenvalue weighted by Crippen LogP contribution is -2.12. The fourth-order valence-corrected chi connectivity index (χ4v) is 2.27. The molecule has 5 nitrogen and oxygen atoms in total. The molecule has 0 spiro atoms. The standard InChI is InChI=1S/C17H20ClN3O2/c18-15-7-3-2-6-14(15)17(23)21-13-8-9-16(20-12-13)19-10-4-1-5-11-22/h2-3,6-9,12,22H,1,4-5,10-11H2,(H,19,20)(H,21,23). The maximum Gasteiger partial charge on any atom is 0.257 e. The Bertz CT molecular complexity index is 632. The number of anilines is 2. The SMILES string of the molecule is O=C(Nc1ccc(NCCCCCO)nc1)c1ccccc1Cl. The lowest BCUT2D eigenvalue weighted by molar-refractivity contribution is 0.102. The highest BCUT2D eigenvalue weighted by Crippen LogP contribution is 2.17. The average molecular weight is 334 g/mol. The van der Waals surface area contributed by atoms with E-state index in [1.807, 2.05) is 6.07 Å². The molecule has 1 aromatic carbocycles. The second-order valence-corrected chi connectivity index (χ2v) is 5.48. The molecule has 6 heteroatoms. The van der Waals surface area contributed by atoms with Gasteiger partial charge in [-0.2, -0.15) is 0 Å². The second kappa shape index (κ2) is 9.12. The van der Waals surface area contributed by atoms with Crippen LogP contribution in [0.25, 0.3) is 0 Å². The molecule has 0 saturated carbocycles. The predicted octanol–water partition coefficient (Wildman–Crippen LogP) is 3.56. The molecule has 0 fully saturated rings. The molecule has 23 heavy (non-hydrogen) atoms. The molecule has 2 rings (SSSR count). The number of hydrogen-bond donors (Lipinski definition) is 3. The first kappa shape index (κ1) is 17.2. The van der Waals surface area contributed by atoms with Gasteiger partial charge in [0.25, 0.3) is 5.91 Å². The maximum absolute atomic E-state index is 12.1. The number of nitrogens with one attached hydrogen (secondary N) is 2. The van der Waals surface area contributed by atoms with Crippen LogP contribution in [0.4, 0.5) is 11.5 Å². The average Bonchev–Trinajstić information content (AvgIpc) is 2.56. The summed E-state index contributed by atoms with van der Waals surface area (Å²) in [6.45, 7) is 1.04. The third kappa shape index (κ3) is 5.54. The predicted molar refractivity (Wildman–Crippen MR) is 93.1 cm³/mol. The van der Waals surface area contributed by atoms with Crippen LogP contribution in [0, 0.1) is 0 Å². The zero-order chi connectivity index (χ0) is 16.5. The number of aliphatic hydroxyl groups is 1. The van der Waals surface area contributed by atoms with Gasteiger partial charge in [0.05, 0.1) is 22.5 Å². The van der Waals surface area contributed by atoms with E-state index in [1.165, 1.54) is 0 Å². The molecule has 0 unspecified atom stereocenters. The number of aromatic nitrogens is 1. The zero-order valence-electron chi connectivity index (χ0n) is 12.8. The monoisotopic (exact) mass is 333 g/mol. The number of hydrogen-bond acceptors (Lipinski definition) is 4. The molecule has 2 aromatic rings. The normalized spacial score (nSPS) is 10.3. The van der Waals surface area contributed by atoms with Crippen molar-refractivity contribution in [2.45, 2.75) is 19.3 Å². The van der Waals surface area contributed by atoms with E-state index >= 15 is 0 Å². The minimum absolute atomic E-state index is 0.234. The highest BCUT2D eigenvalue weighted by molar-refractivity contribution is 6.34. The fraction of sp³-hybridized carbons (Fsp3) is 0.294. The first-order valence-corrected chi connectivity index (χ1v) is 7.95. The third-order valence-corrected chi connectivity index (χ3v) is 3.61. The maximum atomic E-state index is 12.1. The van der Waals surface area contributed by atoms with Gasteiger partial charge in [-0.25, -0.2) is 4.98 Å². The molecule has 122 valence electrons. The Hall–Kier alpha value is -2.11. The second-order valence-electron chi connectivity index (χ2n) is 5.08. The van der Waals surface area contributed by atoms with Crippen molar-refractivity contribution in [2.24, 2.45) is 0 Å². The van der Waals surface area contributed by atoms with Gasteiger partial charge in [-0.05, 0) is 43.5 Å². The topological polar surface area (TPSA) is 74.2 Å². The van der Waals surface area contributed by atoms with E-state index in [-0.39, 0.29) is 12.5 Å². The number of pyridine rings is 1. The van der Waals surface area contributed by atoms with Crippen LogP contribution < -0.4 is 10.6 Å². The lowest BCUT2D eigenvalue weighted by atomic mass is 10.2. The number of aliphatic hydroxyl groups excluding tert-OH is 1. The van der Waals surface area contributed by atoms with Crippen LogP contribution in [-0.2, 0) is 0 Å². The Kier molecular flexibility index (Phi) is 6.84. The van der Waals surface area contributed by atoms with Crippen molar-refractivity contribution in [3.05, 3.63) is 53.2 Å². The smallest absolute Gasteiger partial charge is 0.257 e. The number of rotatable bonds is 8. The van der Waals surface area contributed by atoms with Crippen molar-refractivity contribution in [2.75, 3.05) is 23.8 Å². The molecule has 0 aliphatic carbocycles. The van der Waals surface area contributed by atoms with E-state index in [1.54, 1.807) is 36.5 Å².